The molecule has 1 aromatic heterocycles. The minimum Gasteiger partial charge on any atom is -0.497 e. The van der Waals surface area contributed by atoms with Crippen LogP contribution in [0.15, 0.2) is 78.9 Å². The highest BCUT2D eigenvalue weighted by Gasteiger charge is 2.25. The number of methoxy groups -OCH3 is 1. The van der Waals surface area contributed by atoms with E-state index in [4.69, 9.17) is 9.72 Å². The maximum absolute atomic E-state index is 5.29. The highest BCUT2D eigenvalue weighted by Crippen LogP contribution is 2.46. The Morgan fingerprint density at radius 2 is 1.61 bits per heavy atom. The molecule has 0 atom stereocenters. The molecule has 4 aromatic rings. The van der Waals surface area contributed by atoms with E-state index in [-0.39, 0.29) is 0 Å². The van der Waals surface area contributed by atoms with E-state index in [0.29, 0.717) is 0 Å². The lowest BCUT2D eigenvalue weighted by atomic mass is 10.1. The second-order valence-electron chi connectivity index (χ2n) is 6.80. The van der Waals surface area contributed by atoms with Gasteiger partial charge in [0.05, 0.1) is 18.5 Å². The Morgan fingerprint density at radius 1 is 0.857 bits per heavy atom. The molecular formula is C24H20N2OS. The number of nitrogens with zero attached hydrogens (tertiary/aromatic N) is 2. The first-order valence-corrected chi connectivity index (χ1v) is 10.2. The molecule has 0 spiro atoms. The maximum Gasteiger partial charge on any atom is 0.125 e. The van der Waals surface area contributed by atoms with Gasteiger partial charge in [-0.25, -0.2) is 4.98 Å². The first-order valence-electron chi connectivity index (χ1n) is 9.41. The Balaban J connectivity index is 1.66. The minimum atomic E-state index is 0.863. The molecular weight excluding hydrogens is 364 g/mol. The topological polar surface area (TPSA) is 25.4 Å². The van der Waals surface area contributed by atoms with Crippen LogP contribution in [0.5, 0.6) is 5.75 Å². The molecule has 2 heterocycles. The predicted octanol–water partition coefficient (Wildman–Crippen LogP) is 6.39. The molecule has 138 valence electrons. The second kappa shape index (κ2) is 7.13. The van der Waals surface area contributed by atoms with Gasteiger partial charge in [-0.15, -0.1) is 0 Å². The Morgan fingerprint density at radius 3 is 2.39 bits per heavy atom. The van der Waals surface area contributed by atoms with Crippen LogP contribution >= 0.6 is 11.3 Å². The van der Waals surface area contributed by atoms with Crippen LogP contribution in [0.4, 0.5) is 16.4 Å². The fourth-order valence-electron chi connectivity index (χ4n) is 3.67. The quantitative estimate of drug-likeness (QED) is 0.409. The van der Waals surface area contributed by atoms with Crippen LogP contribution in [-0.2, 0) is 12.8 Å². The Labute approximate surface area is 168 Å². The number of benzene rings is 3. The molecule has 0 fully saturated rings. The van der Waals surface area contributed by atoms with Gasteiger partial charge >= 0.3 is 0 Å². The van der Waals surface area contributed by atoms with Crippen LogP contribution in [0.1, 0.15) is 11.3 Å². The van der Waals surface area contributed by atoms with Crippen LogP contribution in [0, 0.1) is 0 Å². The summed E-state index contributed by atoms with van der Waals surface area (Å²) in [6.07, 6.45) is 1.95. The van der Waals surface area contributed by atoms with E-state index >= 15 is 0 Å². The molecule has 3 aromatic carbocycles. The lowest BCUT2D eigenvalue weighted by molar-refractivity contribution is 0.415. The average molecular weight is 385 g/mol. The van der Waals surface area contributed by atoms with Gasteiger partial charge in [-0.1, -0.05) is 47.7 Å². The summed E-state index contributed by atoms with van der Waals surface area (Å²) in [5.41, 5.74) is 6.07. The molecule has 0 aliphatic carbocycles. The second-order valence-corrected chi connectivity index (χ2v) is 7.78. The minimum absolute atomic E-state index is 0.863. The Kier molecular flexibility index (Phi) is 4.34. The van der Waals surface area contributed by atoms with Gasteiger partial charge in [-0.05, 0) is 60.9 Å². The number of thiazole rings is 1. The van der Waals surface area contributed by atoms with Crippen molar-refractivity contribution < 1.29 is 4.74 Å². The maximum atomic E-state index is 5.29. The van der Waals surface area contributed by atoms with Gasteiger partial charge < -0.3 is 9.64 Å². The molecule has 0 N–H and O–H groups in total. The van der Waals surface area contributed by atoms with Crippen molar-refractivity contribution in [2.24, 2.45) is 0 Å². The SMILES string of the molecule is COc1ccc(-c2nc3c(s2)N(c2ccccc2)c2ccccc2CC3)cc1. The van der Waals surface area contributed by atoms with Gasteiger partial charge in [0.1, 0.15) is 15.8 Å². The van der Waals surface area contributed by atoms with E-state index in [1.54, 1.807) is 18.4 Å². The zero-order valence-electron chi connectivity index (χ0n) is 15.6. The largest absolute Gasteiger partial charge is 0.497 e. The summed E-state index contributed by atoms with van der Waals surface area (Å²) in [6.45, 7) is 0. The van der Waals surface area contributed by atoms with Crippen molar-refractivity contribution >= 4 is 27.7 Å². The zero-order chi connectivity index (χ0) is 18.9. The number of para-hydroxylation sites is 2. The van der Waals surface area contributed by atoms with E-state index in [9.17, 15) is 0 Å². The summed E-state index contributed by atoms with van der Waals surface area (Å²) >= 11 is 1.76. The number of aryl methyl sites for hydroxylation is 2. The fourth-order valence-corrected chi connectivity index (χ4v) is 4.83. The predicted molar refractivity (Wildman–Crippen MR) is 116 cm³/mol. The summed E-state index contributed by atoms with van der Waals surface area (Å²) in [7, 11) is 1.69. The highest BCUT2D eigenvalue weighted by molar-refractivity contribution is 7.19. The summed E-state index contributed by atoms with van der Waals surface area (Å²) in [5.74, 6) is 0.863. The lowest BCUT2D eigenvalue weighted by Gasteiger charge is -2.24. The zero-order valence-corrected chi connectivity index (χ0v) is 16.4. The van der Waals surface area contributed by atoms with Crippen molar-refractivity contribution in [1.82, 2.24) is 4.98 Å². The van der Waals surface area contributed by atoms with Gasteiger partial charge in [0.25, 0.3) is 0 Å². The molecule has 0 unspecified atom stereocenters. The molecule has 4 heteroatoms. The van der Waals surface area contributed by atoms with E-state index < -0.39 is 0 Å². The van der Waals surface area contributed by atoms with Crippen LogP contribution < -0.4 is 9.64 Å². The molecule has 28 heavy (non-hydrogen) atoms. The summed E-state index contributed by atoms with van der Waals surface area (Å²) in [4.78, 5) is 7.39. The van der Waals surface area contributed by atoms with Crippen LogP contribution in [0.25, 0.3) is 10.6 Å². The van der Waals surface area contributed by atoms with E-state index in [1.165, 1.54) is 21.9 Å². The number of ether oxygens (including phenoxy) is 1. The number of hydrogen-bond donors (Lipinski definition) is 0. The van der Waals surface area contributed by atoms with Crippen molar-refractivity contribution in [2.75, 3.05) is 12.0 Å². The van der Waals surface area contributed by atoms with Crippen molar-refractivity contribution in [2.45, 2.75) is 12.8 Å². The highest BCUT2D eigenvalue weighted by atomic mass is 32.1. The van der Waals surface area contributed by atoms with E-state index in [2.05, 4.69) is 71.6 Å². The molecule has 0 saturated heterocycles. The lowest BCUT2D eigenvalue weighted by Crippen LogP contribution is -2.09. The third kappa shape index (κ3) is 2.96. The number of aromatic nitrogens is 1. The Bertz CT molecular complexity index is 1100. The van der Waals surface area contributed by atoms with Gasteiger partial charge in [-0.3, -0.25) is 0 Å². The number of hydrogen-bond acceptors (Lipinski definition) is 4. The molecule has 1 aliphatic rings. The van der Waals surface area contributed by atoms with Crippen LogP contribution in [0.2, 0.25) is 0 Å². The molecule has 0 bridgehead atoms. The molecule has 0 saturated carbocycles. The molecule has 3 nitrogen and oxygen atoms in total. The third-order valence-electron chi connectivity index (χ3n) is 5.09. The normalized spacial score (nSPS) is 12.8. The van der Waals surface area contributed by atoms with Crippen molar-refractivity contribution in [3.63, 3.8) is 0 Å². The fraction of sp³-hybridized carbons (Fsp3) is 0.125. The number of fused-ring (bicyclic) bond motifs is 2. The average Bonchev–Trinajstić information content (AvgIpc) is 3.11. The van der Waals surface area contributed by atoms with Crippen LogP contribution in [-0.4, -0.2) is 12.1 Å². The van der Waals surface area contributed by atoms with Gasteiger partial charge in [0, 0.05) is 11.3 Å². The first-order chi connectivity index (χ1) is 13.8. The Hall–Kier alpha value is -3.11. The summed E-state index contributed by atoms with van der Waals surface area (Å²) < 4.78 is 5.29. The van der Waals surface area contributed by atoms with E-state index in [1.807, 2.05) is 12.1 Å². The number of anilines is 3. The third-order valence-corrected chi connectivity index (χ3v) is 6.23. The smallest absolute Gasteiger partial charge is 0.125 e. The van der Waals surface area contributed by atoms with Gasteiger partial charge in [0.15, 0.2) is 0 Å². The molecule has 5 rings (SSSR count). The summed E-state index contributed by atoms with van der Waals surface area (Å²) in [5, 5.41) is 2.26. The monoisotopic (exact) mass is 384 g/mol. The molecule has 0 radical (unpaired) electrons. The number of rotatable bonds is 3. The van der Waals surface area contributed by atoms with Gasteiger partial charge in [0.2, 0.25) is 0 Å². The first kappa shape index (κ1) is 17.0. The van der Waals surface area contributed by atoms with Gasteiger partial charge in [-0.2, -0.15) is 0 Å². The van der Waals surface area contributed by atoms with Crippen LogP contribution in [0.3, 0.4) is 0 Å². The summed E-state index contributed by atoms with van der Waals surface area (Å²) in [6, 6.07) is 27.4. The van der Waals surface area contributed by atoms with Crippen molar-refractivity contribution in [3.05, 3.63) is 90.1 Å². The molecule has 0 amide bonds. The van der Waals surface area contributed by atoms with E-state index in [0.717, 1.165) is 34.9 Å². The van der Waals surface area contributed by atoms with Crippen molar-refractivity contribution in [3.8, 4) is 16.3 Å². The van der Waals surface area contributed by atoms with Crippen molar-refractivity contribution in [1.29, 1.82) is 0 Å². The molecule has 1 aliphatic heterocycles. The standard InChI is InChI=1S/C24H20N2OS/c1-27-20-14-11-18(12-15-20)23-25-21-16-13-17-7-5-6-10-22(17)26(24(21)28-23)19-8-3-2-4-9-19/h2-12,14-15H,13,16H2,1H3.